The Kier molecular flexibility index (Phi) is 3.69. The quantitative estimate of drug-likeness (QED) is 0.637. The third-order valence-electron chi connectivity index (χ3n) is 2.02. The van der Waals surface area contributed by atoms with E-state index in [1.54, 1.807) is 0 Å². The van der Waals surface area contributed by atoms with Crippen molar-refractivity contribution in [3.8, 4) is 0 Å². The number of halogens is 1. The molecule has 2 N–H and O–H groups in total. The molecule has 0 aromatic heterocycles. The molecule has 0 heterocycles. The van der Waals surface area contributed by atoms with Gasteiger partial charge in [0.05, 0.1) is 11.5 Å². The summed E-state index contributed by atoms with van der Waals surface area (Å²) in [4.78, 5) is 4.37. The second-order valence-electron chi connectivity index (χ2n) is 3.37. The fourth-order valence-corrected chi connectivity index (χ4v) is 2.03. The van der Waals surface area contributed by atoms with Crippen LogP contribution < -0.4 is 5.73 Å². The second kappa shape index (κ2) is 4.60. The third kappa shape index (κ3) is 2.58. The minimum absolute atomic E-state index is 0.664. The fraction of sp³-hybridized carbons (Fsp3) is 0.364. The predicted molar refractivity (Wildman–Crippen MR) is 65.2 cm³/mol. The Hall–Kier alpha value is -0.830. The summed E-state index contributed by atoms with van der Waals surface area (Å²) in [6.07, 6.45) is 0.778. The van der Waals surface area contributed by atoms with E-state index in [4.69, 9.17) is 5.73 Å². The summed E-state index contributed by atoms with van der Waals surface area (Å²) in [6, 6.07) is 4.15. The Morgan fingerprint density at radius 2 is 2.07 bits per heavy atom. The topological polar surface area (TPSA) is 38.4 Å². The molecule has 0 bridgehead atoms. The molecule has 14 heavy (non-hydrogen) atoms. The van der Waals surface area contributed by atoms with Crippen molar-refractivity contribution in [1.82, 2.24) is 0 Å². The average molecular weight is 255 g/mol. The number of nitrogens with zero attached hydrogens (tertiary/aromatic N) is 1. The van der Waals surface area contributed by atoms with Gasteiger partial charge in [-0.1, -0.05) is 13.0 Å². The molecule has 0 unspecified atom stereocenters. The van der Waals surface area contributed by atoms with Crippen molar-refractivity contribution >= 4 is 27.5 Å². The van der Waals surface area contributed by atoms with Crippen LogP contribution >= 0.6 is 15.9 Å². The monoisotopic (exact) mass is 254 g/mol. The molecule has 0 aliphatic heterocycles. The summed E-state index contributed by atoms with van der Waals surface area (Å²) >= 11 is 3.49. The standard InChI is InChI=1S/C11H15BrN2/c1-4-10(13)14-11-8(3)5-7(2)6-9(11)12/h5-6H,4H2,1-3H3,(H2,13,14). The molecule has 1 aromatic rings. The van der Waals surface area contributed by atoms with Crippen molar-refractivity contribution in [2.45, 2.75) is 27.2 Å². The molecular formula is C11H15BrN2. The van der Waals surface area contributed by atoms with Crippen LogP contribution in [0.5, 0.6) is 0 Å². The van der Waals surface area contributed by atoms with Gasteiger partial charge in [0.25, 0.3) is 0 Å². The molecule has 0 saturated carbocycles. The maximum atomic E-state index is 5.71. The van der Waals surface area contributed by atoms with E-state index in [-0.39, 0.29) is 0 Å². The lowest BCUT2D eigenvalue weighted by atomic mass is 10.1. The van der Waals surface area contributed by atoms with Crippen LogP contribution in [-0.2, 0) is 0 Å². The predicted octanol–water partition coefficient (Wildman–Crippen LogP) is 3.46. The lowest BCUT2D eigenvalue weighted by Crippen LogP contribution is -2.08. The summed E-state index contributed by atoms with van der Waals surface area (Å²) in [7, 11) is 0. The molecule has 0 atom stereocenters. The smallest absolute Gasteiger partial charge is 0.0994 e. The molecule has 0 amide bonds. The minimum Gasteiger partial charge on any atom is -0.387 e. The number of aryl methyl sites for hydroxylation is 2. The Morgan fingerprint density at radius 3 is 2.57 bits per heavy atom. The summed E-state index contributed by atoms with van der Waals surface area (Å²) < 4.78 is 1.01. The van der Waals surface area contributed by atoms with E-state index in [2.05, 4.69) is 40.0 Å². The van der Waals surface area contributed by atoms with Gasteiger partial charge in [-0.25, -0.2) is 4.99 Å². The molecule has 0 aliphatic carbocycles. The number of hydrogen-bond acceptors (Lipinski definition) is 1. The van der Waals surface area contributed by atoms with Crippen LogP contribution in [0, 0.1) is 13.8 Å². The SMILES string of the molecule is CCC(N)=Nc1c(C)cc(C)cc1Br. The molecule has 76 valence electrons. The zero-order chi connectivity index (χ0) is 10.7. The summed E-state index contributed by atoms with van der Waals surface area (Å²) in [6.45, 7) is 6.10. The van der Waals surface area contributed by atoms with Gasteiger partial charge in [-0.05, 0) is 47.0 Å². The van der Waals surface area contributed by atoms with Gasteiger partial charge in [-0.3, -0.25) is 0 Å². The van der Waals surface area contributed by atoms with Crippen molar-refractivity contribution in [1.29, 1.82) is 0 Å². The molecule has 1 rings (SSSR count). The van der Waals surface area contributed by atoms with Crippen LogP contribution in [0.3, 0.4) is 0 Å². The van der Waals surface area contributed by atoms with Crippen molar-refractivity contribution < 1.29 is 0 Å². The molecule has 0 fully saturated rings. The van der Waals surface area contributed by atoms with Gasteiger partial charge < -0.3 is 5.73 Å². The van der Waals surface area contributed by atoms with Crippen LogP contribution in [0.1, 0.15) is 24.5 Å². The van der Waals surface area contributed by atoms with E-state index in [0.29, 0.717) is 5.84 Å². The second-order valence-corrected chi connectivity index (χ2v) is 4.22. The molecule has 3 heteroatoms. The number of amidine groups is 1. The largest absolute Gasteiger partial charge is 0.387 e. The van der Waals surface area contributed by atoms with Crippen molar-refractivity contribution in [3.63, 3.8) is 0 Å². The number of hydrogen-bond donors (Lipinski definition) is 1. The van der Waals surface area contributed by atoms with E-state index in [0.717, 1.165) is 22.1 Å². The maximum Gasteiger partial charge on any atom is 0.0994 e. The molecule has 0 spiro atoms. The molecule has 1 aromatic carbocycles. The first-order chi connectivity index (χ1) is 6.54. The van der Waals surface area contributed by atoms with E-state index < -0.39 is 0 Å². The summed E-state index contributed by atoms with van der Waals surface area (Å²) in [5.41, 5.74) is 9.02. The van der Waals surface area contributed by atoms with Crippen LogP contribution in [-0.4, -0.2) is 5.84 Å². The van der Waals surface area contributed by atoms with Gasteiger partial charge in [-0.2, -0.15) is 0 Å². The van der Waals surface area contributed by atoms with Gasteiger partial charge in [-0.15, -0.1) is 0 Å². The number of nitrogens with two attached hydrogens (primary N) is 1. The summed E-state index contributed by atoms with van der Waals surface area (Å²) in [5.74, 6) is 0.664. The third-order valence-corrected chi connectivity index (χ3v) is 2.62. The zero-order valence-electron chi connectivity index (χ0n) is 8.76. The van der Waals surface area contributed by atoms with Crippen molar-refractivity contribution in [2.75, 3.05) is 0 Å². The van der Waals surface area contributed by atoms with Crippen LogP contribution in [0.25, 0.3) is 0 Å². The van der Waals surface area contributed by atoms with E-state index in [1.807, 2.05) is 13.8 Å². The number of benzene rings is 1. The Morgan fingerprint density at radius 1 is 1.43 bits per heavy atom. The van der Waals surface area contributed by atoms with Gasteiger partial charge in [0.1, 0.15) is 0 Å². The van der Waals surface area contributed by atoms with E-state index >= 15 is 0 Å². The highest BCUT2D eigenvalue weighted by molar-refractivity contribution is 9.10. The normalized spacial score (nSPS) is 11.9. The Balaban J connectivity index is 3.21. The molecule has 2 nitrogen and oxygen atoms in total. The minimum atomic E-state index is 0.664. The van der Waals surface area contributed by atoms with Gasteiger partial charge >= 0.3 is 0 Å². The molecule has 0 aliphatic rings. The van der Waals surface area contributed by atoms with E-state index in [9.17, 15) is 0 Å². The first kappa shape index (κ1) is 11.2. The fourth-order valence-electron chi connectivity index (χ4n) is 1.27. The highest BCUT2D eigenvalue weighted by Crippen LogP contribution is 2.30. The van der Waals surface area contributed by atoms with Crippen molar-refractivity contribution in [3.05, 3.63) is 27.7 Å². The van der Waals surface area contributed by atoms with E-state index in [1.165, 1.54) is 5.56 Å². The first-order valence-electron chi connectivity index (χ1n) is 4.64. The van der Waals surface area contributed by atoms with Gasteiger partial charge in [0.15, 0.2) is 0 Å². The highest BCUT2D eigenvalue weighted by Gasteiger charge is 2.03. The lowest BCUT2D eigenvalue weighted by molar-refractivity contribution is 1.22. The zero-order valence-corrected chi connectivity index (χ0v) is 10.4. The number of aliphatic imine (C=N–C) groups is 1. The molecule has 0 radical (unpaired) electrons. The first-order valence-corrected chi connectivity index (χ1v) is 5.43. The van der Waals surface area contributed by atoms with Crippen molar-refractivity contribution in [2.24, 2.45) is 10.7 Å². The maximum absolute atomic E-state index is 5.71. The van der Waals surface area contributed by atoms with Crippen LogP contribution in [0.15, 0.2) is 21.6 Å². The van der Waals surface area contributed by atoms with Gasteiger partial charge in [0.2, 0.25) is 0 Å². The number of rotatable bonds is 2. The van der Waals surface area contributed by atoms with Crippen LogP contribution in [0.2, 0.25) is 0 Å². The molecule has 0 saturated heterocycles. The van der Waals surface area contributed by atoms with Gasteiger partial charge in [0, 0.05) is 10.9 Å². The van der Waals surface area contributed by atoms with Crippen LogP contribution in [0.4, 0.5) is 5.69 Å². The summed E-state index contributed by atoms with van der Waals surface area (Å²) in [5, 5.41) is 0. The highest BCUT2D eigenvalue weighted by atomic mass is 79.9. The lowest BCUT2D eigenvalue weighted by Gasteiger charge is -2.06. The Bertz CT molecular complexity index is 347. The average Bonchev–Trinajstić information content (AvgIpc) is 2.10. The Labute approximate surface area is 93.4 Å². The molecular weight excluding hydrogens is 240 g/mol.